The molecule has 0 saturated carbocycles. The molecule has 1 aromatic rings. The van der Waals surface area contributed by atoms with Crippen molar-refractivity contribution in [2.75, 3.05) is 6.54 Å². The Kier molecular flexibility index (Phi) is 6.50. The molecule has 0 aromatic heterocycles. The van der Waals surface area contributed by atoms with Crippen molar-refractivity contribution < 1.29 is 9.59 Å². The molecule has 1 aromatic carbocycles. The molecule has 1 unspecified atom stereocenters. The minimum absolute atomic E-state index is 0.124. The van der Waals surface area contributed by atoms with Crippen LogP contribution in [0, 0.1) is 5.92 Å². The monoisotopic (exact) mass is 383 g/mol. The topological polar surface area (TPSA) is 61.8 Å². The maximum Gasteiger partial charge on any atom is 0.246 e. The Morgan fingerprint density at radius 2 is 2.07 bits per heavy atom. The molecule has 0 spiro atoms. The number of nitrogens with zero attached hydrogens (tertiary/aromatic N) is 2. The first-order chi connectivity index (χ1) is 13.1. The Balaban J connectivity index is 1.66. The minimum Gasteiger partial charge on any atom is -0.302 e. The van der Waals surface area contributed by atoms with E-state index in [0.717, 1.165) is 24.8 Å². The van der Waals surface area contributed by atoms with Gasteiger partial charge < -0.3 is 5.32 Å². The lowest BCUT2D eigenvalue weighted by molar-refractivity contribution is -0.137. The summed E-state index contributed by atoms with van der Waals surface area (Å²) in [7, 11) is 0. The maximum absolute atomic E-state index is 12.8. The summed E-state index contributed by atoms with van der Waals surface area (Å²) in [6.45, 7) is 2.44. The van der Waals surface area contributed by atoms with Gasteiger partial charge in [-0.1, -0.05) is 42.0 Å². The van der Waals surface area contributed by atoms with Gasteiger partial charge in [-0.25, -0.2) is 0 Å². The zero-order valence-corrected chi connectivity index (χ0v) is 16.4. The number of aliphatic imine (C=N–C) groups is 1. The largest absolute Gasteiger partial charge is 0.302 e. The van der Waals surface area contributed by atoms with E-state index in [1.807, 2.05) is 37.3 Å². The smallest absolute Gasteiger partial charge is 0.246 e. The number of carbonyl (C=O) groups excluding carboxylic acids is 2. The summed E-state index contributed by atoms with van der Waals surface area (Å²) in [5, 5.41) is 2.84. The zero-order chi connectivity index (χ0) is 19.2. The van der Waals surface area contributed by atoms with Gasteiger partial charge in [0.25, 0.3) is 0 Å². The van der Waals surface area contributed by atoms with Gasteiger partial charge in [-0.05, 0) is 56.8 Å². The first-order valence-electron chi connectivity index (χ1n) is 9.48. The second kappa shape index (κ2) is 9.04. The van der Waals surface area contributed by atoms with E-state index in [0.29, 0.717) is 6.54 Å². The van der Waals surface area contributed by atoms with Gasteiger partial charge in [-0.2, -0.15) is 0 Å². The minimum atomic E-state index is -0.928. The first kappa shape index (κ1) is 19.4. The summed E-state index contributed by atoms with van der Waals surface area (Å²) >= 11 is 5.22. The fraction of sp³-hybridized carbons (Fsp3) is 0.429. The van der Waals surface area contributed by atoms with Crippen LogP contribution in [-0.4, -0.2) is 34.6 Å². The van der Waals surface area contributed by atoms with Crippen LogP contribution in [0.2, 0.25) is 0 Å². The Morgan fingerprint density at radius 3 is 2.78 bits per heavy atom. The van der Waals surface area contributed by atoms with Gasteiger partial charge in [-0.3, -0.25) is 19.5 Å². The molecule has 1 aliphatic carbocycles. The molecule has 1 fully saturated rings. The fourth-order valence-electron chi connectivity index (χ4n) is 3.39. The molecule has 2 amide bonds. The highest BCUT2D eigenvalue weighted by molar-refractivity contribution is 7.80. The number of amides is 2. The molecular formula is C21H25N3O2S. The molecule has 1 heterocycles. The SMILES string of the molecule is C[C@@H](N=CC1C(=O)NC(=S)N(CCC2=CCCCC2)C1=O)c1ccccc1. The second-order valence-electron chi connectivity index (χ2n) is 7.00. The lowest BCUT2D eigenvalue weighted by Gasteiger charge is -2.31. The summed E-state index contributed by atoms with van der Waals surface area (Å²) in [6.07, 6.45) is 9.15. The van der Waals surface area contributed by atoms with E-state index in [9.17, 15) is 9.59 Å². The Labute approximate surface area is 165 Å². The van der Waals surface area contributed by atoms with Crippen LogP contribution in [0.3, 0.4) is 0 Å². The van der Waals surface area contributed by atoms with Crippen molar-refractivity contribution in [3.8, 4) is 0 Å². The van der Waals surface area contributed by atoms with Crippen molar-refractivity contribution in [3.63, 3.8) is 0 Å². The Bertz CT molecular complexity index is 773. The second-order valence-corrected chi connectivity index (χ2v) is 7.39. The van der Waals surface area contributed by atoms with Crippen molar-refractivity contribution >= 4 is 35.4 Å². The standard InChI is InChI=1S/C21H25N3O2S/c1-15(17-10-6-3-7-11-17)22-14-18-19(25)23-21(27)24(20(18)26)13-12-16-8-4-2-5-9-16/h3,6-8,10-11,14-15,18H,2,4-5,9,12-13H2,1H3,(H,23,25,27)/t15-,18?/m1/s1. The van der Waals surface area contributed by atoms with Gasteiger partial charge in [0.2, 0.25) is 11.8 Å². The molecule has 0 bridgehead atoms. The van der Waals surface area contributed by atoms with Gasteiger partial charge in [0.05, 0.1) is 6.04 Å². The molecule has 2 atom stereocenters. The Hall–Kier alpha value is -2.34. The molecule has 2 aliphatic rings. The van der Waals surface area contributed by atoms with Crippen LogP contribution in [0.1, 0.15) is 50.6 Å². The van der Waals surface area contributed by atoms with Crippen LogP contribution in [0.25, 0.3) is 0 Å². The van der Waals surface area contributed by atoms with E-state index in [-0.39, 0.29) is 17.1 Å². The number of hydrogen-bond acceptors (Lipinski definition) is 4. The number of allylic oxidation sites excluding steroid dienone is 1. The van der Waals surface area contributed by atoms with Crippen molar-refractivity contribution in [1.29, 1.82) is 0 Å². The third-order valence-corrected chi connectivity index (χ3v) is 5.39. The van der Waals surface area contributed by atoms with E-state index in [1.54, 1.807) is 0 Å². The molecule has 5 nitrogen and oxygen atoms in total. The first-order valence-corrected chi connectivity index (χ1v) is 9.89. The average molecular weight is 384 g/mol. The quantitative estimate of drug-likeness (QED) is 0.354. The van der Waals surface area contributed by atoms with Crippen LogP contribution in [-0.2, 0) is 9.59 Å². The van der Waals surface area contributed by atoms with E-state index in [4.69, 9.17) is 12.2 Å². The molecule has 1 aliphatic heterocycles. The maximum atomic E-state index is 12.8. The summed E-state index contributed by atoms with van der Waals surface area (Å²) in [4.78, 5) is 31.1. The van der Waals surface area contributed by atoms with E-state index >= 15 is 0 Å². The Morgan fingerprint density at radius 1 is 1.30 bits per heavy atom. The van der Waals surface area contributed by atoms with E-state index < -0.39 is 11.8 Å². The summed E-state index contributed by atoms with van der Waals surface area (Å²) in [6, 6.07) is 9.66. The molecule has 3 rings (SSSR count). The molecule has 0 radical (unpaired) electrons. The zero-order valence-electron chi connectivity index (χ0n) is 15.6. The van der Waals surface area contributed by atoms with Crippen LogP contribution >= 0.6 is 12.2 Å². The highest BCUT2D eigenvalue weighted by atomic mass is 32.1. The normalized spacial score (nSPS) is 22.0. The van der Waals surface area contributed by atoms with Gasteiger partial charge in [0.1, 0.15) is 0 Å². The van der Waals surface area contributed by atoms with Crippen LogP contribution < -0.4 is 5.32 Å². The van der Waals surface area contributed by atoms with Gasteiger partial charge in [-0.15, -0.1) is 0 Å². The van der Waals surface area contributed by atoms with Crippen molar-refractivity contribution in [2.24, 2.45) is 10.9 Å². The predicted molar refractivity (Wildman–Crippen MR) is 110 cm³/mol. The van der Waals surface area contributed by atoms with Crippen molar-refractivity contribution in [1.82, 2.24) is 10.2 Å². The van der Waals surface area contributed by atoms with E-state index in [1.165, 1.54) is 29.5 Å². The number of thiocarbonyl (C=S) groups is 1. The number of rotatable bonds is 6. The van der Waals surface area contributed by atoms with Crippen LogP contribution in [0.15, 0.2) is 47.0 Å². The number of benzene rings is 1. The molecular weight excluding hydrogens is 358 g/mol. The molecule has 27 heavy (non-hydrogen) atoms. The molecule has 1 N–H and O–H groups in total. The lowest BCUT2D eigenvalue weighted by atomic mass is 9.97. The number of hydrogen-bond donors (Lipinski definition) is 1. The van der Waals surface area contributed by atoms with Crippen molar-refractivity contribution in [2.45, 2.75) is 45.1 Å². The van der Waals surface area contributed by atoms with Crippen LogP contribution in [0.4, 0.5) is 0 Å². The molecule has 1 saturated heterocycles. The van der Waals surface area contributed by atoms with Gasteiger partial charge in [0.15, 0.2) is 11.0 Å². The fourth-order valence-corrected chi connectivity index (χ4v) is 3.68. The summed E-state index contributed by atoms with van der Waals surface area (Å²) in [5.74, 6) is -1.62. The van der Waals surface area contributed by atoms with Crippen LogP contribution in [0.5, 0.6) is 0 Å². The lowest BCUT2D eigenvalue weighted by Crippen LogP contribution is -2.58. The van der Waals surface area contributed by atoms with Gasteiger partial charge in [0, 0.05) is 12.8 Å². The molecule has 6 heteroatoms. The molecule has 142 valence electrons. The summed E-state index contributed by atoms with van der Waals surface area (Å²) < 4.78 is 0. The van der Waals surface area contributed by atoms with Crippen molar-refractivity contribution in [3.05, 3.63) is 47.5 Å². The number of nitrogens with one attached hydrogen (secondary N) is 1. The average Bonchev–Trinajstić information content (AvgIpc) is 2.68. The van der Waals surface area contributed by atoms with Gasteiger partial charge >= 0.3 is 0 Å². The summed E-state index contributed by atoms with van der Waals surface area (Å²) in [5.41, 5.74) is 2.41. The highest BCUT2D eigenvalue weighted by Gasteiger charge is 2.37. The highest BCUT2D eigenvalue weighted by Crippen LogP contribution is 2.22. The third kappa shape index (κ3) is 4.89. The predicted octanol–water partition coefficient (Wildman–Crippen LogP) is 3.57. The van der Waals surface area contributed by atoms with E-state index in [2.05, 4.69) is 16.4 Å². The third-order valence-electron chi connectivity index (χ3n) is 5.07. The number of carbonyl (C=O) groups is 2.